The van der Waals surface area contributed by atoms with Gasteiger partial charge in [-0.05, 0) is 92.0 Å². The topological polar surface area (TPSA) is 108 Å². The fourth-order valence-corrected chi connectivity index (χ4v) is 4.42. The number of halogens is 3. The first kappa shape index (κ1) is 23.8. The van der Waals surface area contributed by atoms with Crippen molar-refractivity contribution in [3.63, 3.8) is 0 Å². The lowest BCUT2D eigenvalue weighted by Gasteiger charge is -2.10. The molecule has 1 aliphatic rings. The van der Waals surface area contributed by atoms with Gasteiger partial charge in [-0.2, -0.15) is 0 Å². The smallest absolute Gasteiger partial charge is 0.363 e. The molecular formula is C23H11Br2ClN2O6. The summed E-state index contributed by atoms with van der Waals surface area (Å²) in [4.78, 5) is 39.2. The van der Waals surface area contributed by atoms with E-state index in [0.717, 1.165) is 0 Å². The van der Waals surface area contributed by atoms with E-state index in [1.54, 1.807) is 36.4 Å². The van der Waals surface area contributed by atoms with Gasteiger partial charge in [0.1, 0.15) is 0 Å². The molecule has 0 fully saturated rings. The van der Waals surface area contributed by atoms with E-state index in [1.165, 1.54) is 30.3 Å². The van der Waals surface area contributed by atoms with Crippen molar-refractivity contribution in [2.75, 3.05) is 0 Å². The molecule has 34 heavy (non-hydrogen) atoms. The number of non-ortho nitro benzene ring substituents is 1. The highest BCUT2D eigenvalue weighted by Crippen LogP contribution is 2.36. The Labute approximate surface area is 214 Å². The van der Waals surface area contributed by atoms with E-state index in [4.69, 9.17) is 21.1 Å². The summed E-state index contributed by atoms with van der Waals surface area (Å²) in [6.07, 6.45) is 1.50. The largest absolute Gasteiger partial charge is 0.421 e. The number of hydrogen-bond donors (Lipinski definition) is 0. The Balaban J connectivity index is 1.57. The molecule has 4 rings (SSSR count). The highest BCUT2D eigenvalue weighted by molar-refractivity contribution is 9.11. The van der Waals surface area contributed by atoms with Gasteiger partial charge in [0.25, 0.3) is 5.69 Å². The van der Waals surface area contributed by atoms with Crippen LogP contribution in [-0.4, -0.2) is 22.8 Å². The number of carbonyl (C=O) groups excluding carboxylic acids is 2. The Morgan fingerprint density at radius 2 is 1.68 bits per heavy atom. The Hall–Kier alpha value is -3.34. The molecule has 1 heterocycles. The van der Waals surface area contributed by atoms with Crippen molar-refractivity contribution in [1.82, 2.24) is 0 Å². The van der Waals surface area contributed by atoms with Crippen molar-refractivity contribution in [1.29, 1.82) is 0 Å². The minimum Gasteiger partial charge on any atom is -0.421 e. The van der Waals surface area contributed by atoms with Crippen LogP contribution in [0.2, 0.25) is 5.02 Å². The van der Waals surface area contributed by atoms with E-state index < -0.39 is 16.9 Å². The van der Waals surface area contributed by atoms with Gasteiger partial charge >= 0.3 is 11.9 Å². The number of hydrogen-bond acceptors (Lipinski definition) is 7. The van der Waals surface area contributed by atoms with Gasteiger partial charge in [0.05, 0.1) is 19.4 Å². The summed E-state index contributed by atoms with van der Waals surface area (Å²) in [7, 11) is 0. The molecule has 11 heteroatoms. The van der Waals surface area contributed by atoms with Crippen LogP contribution in [0.5, 0.6) is 5.75 Å². The SMILES string of the molecule is O=C1OC(c2ccc([N+](=O)[O-])cc2)=N/C1=C\c1cc(Br)c(OC(=O)c2ccc(Cl)cc2)c(Br)c1. The molecule has 0 radical (unpaired) electrons. The molecule has 3 aromatic rings. The Bertz CT molecular complexity index is 1360. The quantitative estimate of drug-likeness (QED) is 0.110. The summed E-state index contributed by atoms with van der Waals surface area (Å²) in [6, 6.07) is 15.1. The van der Waals surface area contributed by atoms with Crippen LogP contribution in [0.15, 0.2) is 80.3 Å². The van der Waals surface area contributed by atoms with Gasteiger partial charge in [0.15, 0.2) is 11.4 Å². The van der Waals surface area contributed by atoms with Crippen LogP contribution in [0.4, 0.5) is 5.69 Å². The highest BCUT2D eigenvalue weighted by atomic mass is 79.9. The number of esters is 2. The molecule has 0 bridgehead atoms. The second-order valence-electron chi connectivity index (χ2n) is 6.85. The van der Waals surface area contributed by atoms with Crippen molar-refractivity contribution in [3.05, 3.63) is 107 Å². The molecule has 0 spiro atoms. The number of carbonyl (C=O) groups is 2. The number of rotatable bonds is 5. The van der Waals surface area contributed by atoms with Crippen LogP contribution < -0.4 is 4.74 Å². The van der Waals surface area contributed by atoms with Crippen LogP contribution in [0, 0.1) is 10.1 Å². The van der Waals surface area contributed by atoms with E-state index in [0.29, 0.717) is 30.7 Å². The van der Waals surface area contributed by atoms with Crippen LogP contribution in [0.25, 0.3) is 6.08 Å². The van der Waals surface area contributed by atoms with Gasteiger partial charge in [-0.3, -0.25) is 10.1 Å². The minimum atomic E-state index is -0.668. The molecule has 3 aromatic carbocycles. The number of benzene rings is 3. The summed E-state index contributed by atoms with van der Waals surface area (Å²) >= 11 is 12.6. The standard InChI is InChI=1S/C23H11Br2ClN2O6/c24-17-9-12(10-18(25)20(17)33-22(29)14-1-5-15(26)6-2-14)11-19-23(30)34-21(27-19)13-3-7-16(8-4-13)28(31)32/h1-11H/b19-11-. The third kappa shape index (κ3) is 5.24. The second-order valence-corrected chi connectivity index (χ2v) is 9.00. The Morgan fingerprint density at radius 1 is 1.06 bits per heavy atom. The van der Waals surface area contributed by atoms with Crippen LogP contribution >= 0.6 is 43.5 Å². The van der Waals surface area contributed by atoms with Crippen LogP contribution in [-0.2, 0) is 9.53 Å². The number of ether oxygens (including phenoxy) is 2. The molecule has 0 atom stereocenters. The van der Waals surface area contributed by atoms with Crippen molar-refractivity contribution in [2.24, 2.45) is 4.99 Å². The van der Waals surface area contributed by atoms with E-state index in [-0.39, 0.29) is 23.0 Å². The van der Waals surface area contributed by atoms with Crippen LogP contribution in [0.3, 0.4) is 0 Å². The van der Waals surface area contributed by atoms with Gasteiger partial charge in [0.2, 0.25) is 5.90 Å². The summed E-state index contributed by atoms with van der Waals surface area (Å²) in [5, 5.41) is 11.3. The molecule has 1 aliphatic heterocycles. The monoisotopic (exact) mass is 604 g/mol. The van der Waals surface area contributed by atoms with Gasteiger partial charge in [-0.15, -0.1) is 0 Å². The molecule has 0 unspecified atom stereocenters. The average Bonchev–Trinajstić information content (AvgIpc) is 3.16. The fourth-order valence-electron chi connectivity index (χ4n) is 2.91. The Morgan fingerprint density at radius 3 is 2.26 bits per heavy atom. The maximum absolute atomic E-state index is 12.4. The van der Waals surface area contributed by atoms with Crippen molar-refractivity contribution < 1.29 is 24.0 Å². The maximum atomic E-state index is 12.4. The lowest BCUT2D eigenvalue weighted by atomic mass is 10.2. The first-order chi connectivity index (χ1) is 16.2. The minimum absolute atomic E-state index is 0.0396. The lowest BCUT2D eigenvalue weighted by molar-refractivity contribution is -0.384. The van der Waals surface area contributed by atoms with Gasteiger partial charge < -0.3 is 9.47 Å². The normalized spacial score (nSPS) is 14.0. The van der Waals surface area contributed by atoms with Crippen molar-refractivity contribution in [2.45, 2.75) is 0 Å². The summed E-state index contributed by atoms with van der Waals surface area (Å²) in [5.41, 5.74) is 1.28. The van der Waals surface area contributed by atoms with E-state index in [1.807, 2.05) is 0 Å². The zero-order valence-corrected chi connectivity index (χ0v) is 20.8. The summed E-state index contributed by atoms with van der Waals surface area (Å²) < 4.78 is 11.6. The molecule has 0 saturated heterocycles. The first-order valence-corrected chi connectivity index (χ1v) is 11.4. The Kier molecular flexibility index (Phi) is 6.92. The van der Waals surface area contributed by atoms with Crippen LogP contribution in [0.1, 0.15) is 21.5 Å². The van der Waals surface area contributed by atoms with Gasteiger partial charge in [-0.25, -0.2) is 14.6 Å². The van der Waals surface area contributed by atoms with E-state index >= 15 is 0 Å². The first-order valence-electron chi connectivity index (χ1n) is 9.45. The number of aliphatic imine (C=N–C) groups is 1. The molecule has 0 N–H and O–H groups in total. The second kappa shape index (κ2) is 9.88. The predicted octanol–water partition coefficient (Wildman–Crippen LogP) is 6.34. The maximum Gasteiger partial charge on any atom is 0.363 e. The third-order valence-corrected chi connectivity index (χ3v) is 5.97. The number of nitro groups is 1. The number of nitro benzene ring substituents is 1. The fraction of sp³-hybridized carbons (Fsp3) is 0. The molecule has 0 aromatic heterocycles. The van der Waals surface area contributed by atoms with Crippen molar-refractivity contribution >= 4 is 73.1 Å². The van der Waals surface area contributed by atoms with Gasteiger partial charge in [0, 0.05) is 22.7 Å². The van der Waals surface area contributed by atoms with Crippen molar-refractivity contribution in [3.8, 4) is 5.75 Å². The molecular weight excluding hydrogens is 596 g/mol. The zero-order valence-electron chi connectivity index (χ0n) is 16.8. The summed E-state index contributed by atoms with van der Waals surface area (Å²) in [6.45, 7) is 0. The van der Waals surface area contributed by atoms with E-state index in [2.05, 4.69) is 36.9 Å². The zero-order chi connectivity index (χ0) is 24.4. The molecule has 0 aliphatic carbocycles. The van der Waals surface area contributed by atoms with E-state index in [9.17, 15) is 19.7 Å². The van der Waals surface area contributed by atoms with Gasteiger partial charge in [-0.1, -0.05) is 11.6 Å². The number of nitrogens with zero attached hydrogens (tertiary/aromatic N) is 2. The average molecular weight is 607 g/mol. The number of cyclic esters (lactones) is 1. The molecule has 170 valence electrons. The predicted molar refractivity (Wildman–Crippen MR) is 132 cm³/mol. The highest BCUT2D eigenvalue weighted by Gasteiger charge is 2.25. The molecule has 8 nitrogen and oxygen atoms in total. The molecule has 0 amide bonds. The third-order valence-electron chi connectivity index (χ3n) is 4.54. The summed E-state index contributed by atoms with van der Waals surface area (Å²) in [5.74, 6) is -0.941. The lowest BCUT2D eigenvalue weighted by Crippen LogP contribution is -2.09. The molecule has 0 saturated carbocycles.